The van der Waals surface area contributed by atoms with Crippen molar-refractivity contribution in [3.8, 4) is 0 Å². The van der Waals surface area contributed by atoms with Gasteiger partial charge in [-0.3, -0.25) is 14.3 Å². The summed E-state index contributed by atoms with van der Waals surface area (Å²) in [6.45, 7) is 4.00. The summed E-state index contributed by atoms with van der Waals surface area (Å²) in [7, 11) is 1.80. The maximum atomic E-state index is 12.7. The Morgan fingerprint density at radius 2 is 1.93 bits per heavy atom. The smallest absolute Gasteiger partial charge is 0.272 e. The van der Waals surface area contributed by atoms with Gasteiger partial charge in [-0.15, -0.1) is 0 Å². The first kappa shape index (κ1) is 18.5. The van der Waals surface area contributed by atoms with Crippen LogP contribution in [0.1, 0.15) is 55.4 Å². The third kappa shape index (κ3) is 3.88. The molecular formula is C20H30N4O3. The van der Waals surface area contributed by atoms with Gasteiger partial charge in [-0.1, -0.05) is 0 Å². The zero-order valence-electron chi connectivity index (χ0n) is 16.2. The molecular weight excluding hydrogens is 344 g/mol. The summed E-state index contributed by atoms with van der Waals surface area (Å²) in [4.78, 5) is 29.1. The van der Waals surface area contributed by atoms with Gasteiger partial charge >= 0.3 is 0 Å². The van der Waals surface area contributed by atoms with Gasteiger partial charge < -0.3 is 14.5 Å². The quantitative estimate of drug-likeness (QED) is 0.810. The number of hydrogen-bond acceptors (Lipinski definition) is 4. The maximum Gasteiger partial charge on any atom is 0.272 e. The normalized spacial score (nSPS) is 25.1. The summed E-state index contributed by atoms with van der Waals surface area (Å²) >= 11 is 0. The fraction of sp³-hybridized carbons (Fsp3) is 0.750. The molecule has 3 aliphatic heterocycles. The largest absolute Gasteiger partial charge is 0.375 e. The molecule has 0 aliphatic carbocycles. The molecule has 7 heteroatoms. The van der Waals surface area contributed by atoms with Gasteiger partial charge in [0, 0.05) is 52.5 Å². The molecule has 2 amide bonds. The molecule has 0 aromatic carbocycles. The number of aryl methyl sites for hydroxylation is 1. The van der Waals surface area contributed by atoms with Crippen LogP contribution < -0.4 is 0 Å². The van der Waals surface area contributed by atoms with Crippen LogP contribution in [0.4, 0.5) is 0 Å². The molecule has 148 valence electrons. The molecule has 1 aromatic heterocycles. The predicted octanol–water partition coefficient (Wildman–Crippen LogP) is 1.83. The van der Waals surface area contributed by atoms with E-state index in [-0.39, 0.29) is 11.5 Å². The Balaban J connectivity index is 1.32. The Hall–Kier alpha value is -1.89. The molecule has 1 atom stereocenters. The SMILES string of the molecule is Cn1nccc1C(=O)N1CCC2(CC1)CC(CC(=O)N1CCCC1)CCO2. The monoisotopic (exact) mass is 374 g/mol. The number of ether oxygens (including phenoxy) is 1. The van der Waals surface area contributed by atoms with Crippen LogP contribution in [0, 0.1) is 5.92 Å². The molecule has 0 bridgehead atoms. The van der Waals surface area contributed by atoms with Crippen molar-refractivity contribution >= 4 is 11.8 Å². The number of aromatic nitrogens is 2. The number of likely N-dealkylation sites (tertiary alicyclic amines) is 2. The van der Waals surface area contributed by atoms with Gasteiger partial charge in [0.2, 0.25) is 5.91 Å². The van der Waals surface area contributed by atoms with Gasteiger partial charge in [0.05, 0.1) is 5.60 Å². The lowest BCUT2D eigenvalue weighted by molar-refractivity contribution is -0.140. The zero-order valence-corrected chi connectivity index (χ0v) is 16.2. The van der Waals surface area contributed by atoms with Crippen LogP contribution in [0.3, 0.4) is 0 Å². The summed E-state index contributed by atoms with van der Waals surface area (Å²) in [6.07, 6.45) is 8.22. The van der Waals surface area contributed by atoms with Crippen molar-refractivity contribution in [1.82, 2.24) is 19.6 Å². The molecule has 27 heavy (non-hydrogen) atoms. The van der Waals surface area contributed by atoms with Gasteiger partial charge in [0.15, 0.2) is 0 Å². The second-order valence-corrected chi connectivity index (χ2v) is 8.31. The highest BCUT2D eigenvalue weighted by molar-refractivity contribution is 5.92. The summed E-state index contributed by atoms with van der Waals surface area (Å²) in [5.41, 5.74) is 0.474. The van der Waals surface area contributed by atoms with E-state index in [0.717, 1.165) is 58.2 Å². The molecule has 0 saturated carbocycles. The number of piperidine rings is 1. The number of carbonyl (C=O) groups is 2. The standard InChI is InChI=1S/C20H30N4O3/c1-22-17(4-8-21-22)19(26)24-11-6-20(7-12-24)15-16(5-13-27-20)14-18(25)23-9-2-3-10-23/h4,8,16H,2-3,5-7,9-15H2,1H3. The number of amides is 2. The van der Waals surface area contributed by atoms with E-state index in [2.05, 4.69) is 5.10 Å². The van der Waals surface area contributed by atoms with E-state index in [1.54, 1.807) is 24.0 Å². The molecule has 3 aliphatic rings. The Morgan fingerprint density at radius 1 is 1.19 bits per heavy atom. The molecule has 1 aromatic rings. The van der Waals surface area contributed by atoms with Gasteiger partial charge in [0.1, 0.15) is 5.69 Å². The van der Waals surface area contributed by atoms with Crippen LogP contribution in [0.15, 0.2) is 12.3 Å². The highest BCUT2D eigenvalue weighted by Gasteiger charge is 2.42. The Morgan fingerprint density at radius 3 is 2.59 bits per heavy atom. The highest BCUT2D eigenvalue weighted by Crippen LogP contribution is 2.39. The minimum atomic E-state index is -0.155. The zero-order chi connectivity index (χ0) is 18.9. The minimum Gasteiger partial charge on any atom is -0.375 e. The molecule has 4 rings (SSSR count). The molecule has 7 nitrogen and oxygen atoms in total. The summed E-state index contributed by atoms with van der Waals surface area (Å²) in [5, 5.41) is 4.09. The first-order valence-electron chi connectivity index (χ1n) is 10.3. The molecule has 3 saturated heterocycles. The second-order valence-electron chi connectivity index (χ2n) is 8.31. The fourth-order valence-electron chi connectivity index (χ4n) is 4.86. The number of rotatable bonds is 3. The lowest BCUT2D eigenvalue weighted by Gasteiger charge is -2.46. The third-order valence-corrected chi connectivity index (χ3v) is 6.52. The topological polar surface area (TPSA) is 67.7 Å². The second kappa shape index (κ2) is 7.62. The number of nitrogens with zero attached hydrogens (tertiary/aromatic N) is 4. The fourth-order valence-corrected chi connectivity index (χ4v) is 4.86. The van der Waals surface area contributed by atoms with E-state index in [9.17, 15) is 9.59 Å². The lowest BCUT2D eigenvalue weighted by atomic mass is 9.78. The Bertz CT molecular complexity index is 687. The van der Waals surface area contributed by atoms with Gasteiger partial charge in [-0.2, -0.15) is 5.10 Å². The van der Waals surface area contributed by atoms with E-state index in [1.807, 2.05) is 9.80 Å². The van der Waals surface area contributed by atoms with Crippen LogP contribution in [0.25, 0.3) is 0 Å². The van der Waals surface area contributed by atoms with E-state index < -0.39 is 0 Å². The van der Waals surface area contributed by atoms with Crippen molar-refractivity contribution in [2.45, 2.75) is 50.5 Å². The van der Waals surface area contributed by atoms with E-state index in [0.29, 0.717) is 37.0 Å². The van der Waals surface area contributed by atoms with Crippen molar-refractivity contribution in [3.05, 3.63) is 18.0 Å². The van der Waals surface area contributed by atoms with Crippen molar-refractivity contribution in [2.24, 2.45) is 13.0 Å². The van der Waals surface area contributed by atoms with Crippen molar-refractivity contribution in [3.63, 3.8) is 0 Å². The van der Waals surface area contributed by atoms with Gasteiger partial charge in [0.25, 0.3) is 5.91 Å². The summed E-state index contributed by atoms with van der Waals surface area (Å²) in [6, 6.07) is 1.77. The number of hydrogen-bond donors (Lipinski definition) is 0. The van der Waals surface area contributed by atoms with Crippen LogP contribution in [0.5, 0.6) is 0 Å². The summed E-state index contributed by atoms with van der Waals surface area (Å²) < 4.78 is 7.83. The van der Waals surface area contributed by atoms with Crippen LogP contribution >= 0.6 is 0 Å². The predicted molar refractivity (Wildman–Crippen MR) is 100 cm³/mol. The molecule has 1 spiro atoms. The van der Waals surface area contributed by atoms with Gasteiger partial charge in [-0.05, 0) is 50.5 Å². The van der Waals surface area contributed by atoms with Crippen LogP contribution in [-0.2, 0) is 16.6 Å². The Labute approximate surface area is 160 Å². The first-order chi connectivity index (χ1) is 13.1. The maximum absolute atomic E-state index is 12.7. The molecule has 4 heterocycles. The highest BCUT2D eigenvalue weighted by atomic mass is 16.5. The molecule has 1 unspecified atom stereocenters. The average molecular weight is 374 g/mol. The average Bonchev–Trinajstić information content (AvgIpc) is 3.34. The first-order valence-corrected chi connectivity index (χ1v) is 10.3. The molecule has 0 N–H and O–H groups in total. The van der Waals surface area contributed by atoms with Crippen LogP contribution in [0.2, 0.25) is 0 Å². The van der Waals surface area contributed by atoms with Gasteiger partial charge in [-0.25, -0.2) is 0 Å². The van der Waals surface area contributed by atoms with Crippen molar-refractivity contribution < 1.29 is 14.3 Å². The van der Waals surface area contributed by atoms with E-state index in [4.69, 9.17) is 4.74 Å². The lowest BCUT2D eigenvalue weighted by Crippen LogP contribution is -2.51. The minimum absolute atomic E-state index is 0.0430. The third-order valence-electron chi connectivity index (χ3n) is 6.52. The van der Waals surface area contributed by atoms with Crippen LogP contribution in [-0.4, -0.2) is 69.8 Å². The van der Waals surface area contributed by atoms with Crippen molar-refractivity contribution in [2.75, 3.05) is 32.8 Å². The molecule has 0 radical (unpaired) electrons. The summed E-state index contributed by atoms with van der Waals surface area (Å²) in [5.74, 6) is 0.769. The molecule has 3 fully saturated rings. The Kier molecular flexibility index (Phi) is 5.21. The van der Waals surface area contributed by atoms with E-state index in [1.165, 1.54) is 0 Å². The van der Waals surface area contributed by atoms with Crippen molar-refractivity contribution in [1.29, 1.82) is 0 Å². The van der Waals surface area contributed by atoms with E-state index >= 15 is 0 Å². The number of carbonyl (C=O) groups excluding carboxylic acids is 2.